The molecule has 1 aromatic carbocycles. The Kier molecular flexibility index (Phi) is 6.48. The van der Waals surface area contributed by atoms with Gasteiger partial charge in [-0.1, -0.05) is 17.7 Å². The molecule has 9 heteroatoms. The van der Waals surface area contributed by atoms with E-state index in [4.69, 9.17) is 21.1 Å². The zero-order valence-electron chi connectivity index (χ0n) is 18.6. The van der Waals surface area contributed by atoms with Crippen molar-refractivity contribution in [3.05, 3.63) is 46.7 Å². The zero-order chi connectivity index (χ0) is 22.8. The van der Waals surface area contributed by atoms with Gasteiger partial charge in [0.1, 0.15) is 0 Å². The van der Waals surface area contributed by atoms with Crippen LogP contribution in [-0.4, -0.2) is 59.0 Å². The standard InChI is InChI=1S/C24H28ClN5O3/c1-15-11-16(4-7-19(15)24(31)28-17-5-6-17)21-13-27-23-20(12-22(25)29-30(21)23)26-8-2-3-18-14-32-9-10-33-18/h4,7,11-13,17-18,26H,2-3,5-6,8-10,14H2,1H3,(H,28,31). The van der Waals surface area contributed by atoms with Crippen molar-refractivity contribution in [3.8, 4) is 11.3 Å². The molecule has 8 nitrogen and oxygen atoms in total. The highest BCUT2D eigenvalue weighted by Crippen LogP contribution is 2.28. The van der Waals surface area contributed by atoms with Gasteiger partial charge in [0.15, 0.2) is 10.8 Å². The van der Waals surface area contributed by atoms with Crippen LogP contribution in [0.3, 0.4) is 0 Å². The number of amides is 1. The second-order valence-corrected chi connectivity index (χ2v) is 9.06. The summed E-state index contributed by atoms with van der Waals surface area (Å²) in [6.07, 6.45) is 5.96. The largest absolute Gasteiger partial charge is 0.382 e. The third-order valence-corrected chi connectivity index (χ3v) is 6.21. The number of benzene rings is 1. The second kappa shape index (κ2) is 9.67. The number of carbonyl (C=O) groups excluding carboxylic acids is 1. The van der Waals surface area contributed by atoms with Crippen LogP contribution in [0.5, 0.6) is 0 Å². The van der Waals surface area contributed by atoms with E-state index >= 15 is 0 Å². The summed E-state index contributed by atoms with van der Waals surface area (Å²) >= 11 is 6.34. The van der Waals surface area contributed by atoms with E-state index < -0.39 is 0 Å². The Hall–Kier alpha value is -2.68. The molecule has 2 aromatic heterocycles. The van der Waals surface area contributed by atoms with E-state index in [0.29, 0.717) is 42.2 Å². The molecule has 1 saturated carbocycles. The van der Waals surface area contributed by atoms with Gasteiger partial charge < -0.3 is 20.1 Å². The molecule has 2 aliphatic rings. The fourth-order valence-corrected chi connectivity index (χ4v) is 4.27. The highest BCUT2D eigenvalue weighted by molar-refractivity contribution is 6.29. The monoisotopic (exact) mass is 469 g/mol. The third kappa shape index (κ3) is 5.13. The fraction of sp³-hybridized carbons (Fsp3) is 0.458. The Morgan fingerprint density at radius 1 is 1.27 bits per heavy atom. The first-order chi connectivity index (χ1) is 16.1. The molecule has 5 rings (SSSR count). The first-order valence-electron chi connectivity index (χ1n) is 11.5. The third-order valence-electron chi connectivity index (χ3n) is 6.02. The van der Waals surface area contributed by atoms with Gasteiger partial charge in [0.25, 0.3) is 5.91 Å². The van der Waals surface area contributed by atoms with E-state index in [0.717, 1.165) is 54.7 Å². The predicted molar refractivity (Wildman–Crippen MR) is 127 cm³/mol. The van der Waals surface area contributed by atoms with Crippen molar-refractivity contribution in [3.63, 3.8) is 0 Å². The predicted octanol–water partition coefficient (Wildman–Crippen LogP) is 3.86. The topological polar surface area (TPSA) is 89.8 Å². The van der Waals surface area contributed by atoms with Crippen LogP contribution in [0.2, 0.25) is 5.15 Å². The molecule has 33 heavy (non-hydrogen) atoms. The molecule has 2 N–H and O–H groups in total. The zero-order valence-corrected chi connectivity index (χ0v) is 19.4. The Labute approximate surface area is 197 Å². The number of aromatic nitrogens is 3. The Morgan fingerprint density at radius 2 is 2.15 bits per heavy atom. The minimum Gasteiger partial charge on any atom is -0.382 e. The maximum absolute atomic E-state index is 12.5. The molecule has 0 radical (unpaired) electrons. The number of hydrogen-bond donors (Lipinski definition) is 2. The molecular formula is C24H28ClN5O3. The van der Waals surface area contributed by atoms with Crippen LogP contribution < -0.4 is 10.6 Å². The van der Waals surface area contributed by atoms with Gasteiger partial charge in [-0.05, 0) is 50.3 Å². The Bertz CT molecular complexity index is 1150. The SMILES string of the molecule is Cc1cc(-c2cnc3c(NCCCC4COCCO4)cc(Cl)nn23)ccc1C(=O)NC1CC1. The number of halogens is 1. The number of rotatable bonds is 8. The van der Waals surface area contributed by atoms with Crippen molar-refractivity contribution in [1.82, 2.24) is 19.9 Å². The van der Waals surface area contributed by atoms with Crippen LogP contribution in [-0.2, 0) is 9.47 Å². The number of aryl methyl sites for hydroxylation is 1. The highest BCUT2D eigenvalue weighted by atomic mass is 35.5. The number of carbonyl (C=O) groups is 1. The first-order valence-corrected chi connectivity index (χ1v) is 11.9. The molecule has 174 valence electrons. The molecule has 1 saturated heterocycles. The van der Waals surface area contributed by atoms with Gasteiger partial charge in [0, 0.05) is 29.8 Å². The first kappa shape index (κ1) is 22.1. The molecule has 3 heterocycles. The number of hydrogen-bond acceptors (Lipinski definition) is 6. The quantitative estimate of drug-likeness (QED) is 0.487. The Morgan fingerprint density at radius 3 is 2.91 bits per heavy atom. The lowest BCUT2D eigenvalue weighted by molar-refractivity contribution is -0.0907. The summed E-state index contributed by atoms with van der Waals surface area (Å²) in [5, 5.41) is 11.3. The average molecular weight is 470 g/mol. The van der Waals surface area contributed by atoms with Gasteiger partial charge in [-0.25, -0.2) is 9.50 Å². The molecule has 1 amide bonds. The molecule has 3 aromatic rings. The number of nitrogens with zero attached hydrogens (tertiary/aromatic N) is 3. The normalized spacial score (nSPS) is 18.4. The highest BCUT2D eigenvalue weighted by Gasteiger charge is 2.24. The maximum atomic E-state index is 12.5. The minimum absolute atomic E-state index is 0.0162. The van der Waals surface area contributed by atoms with Gasteiger partial charge >= 0.3 is 0 Å². The lowest BCUT2D eigenvalue weighted by atomic mass is 10.0. The molecule has 1 aliphatic carbocycles. The lowest BCUT2D eigenvalue weighted by Gasteiger charge is -2.22. The van der Waals surface area contributed by atoms with Crippen LogP contribution in [0, 0.1) is 6.92 Å². The molecule has 0 bridgehead atoms. The second-order valence-electron chi connectivity index (χ2n) is 8.67. The smallest absolute Gasteiger partial charge is 0.251 e. The van der Waals surface area contributed by atoms with Crippen molar-refractivity contribution >= 4 is 28.8 Å². The Balaban J connectivity index is 1.31. The summed E-state index contributed by atoms with van der Waals surface area (Å²) in [5.74, 6) is -0.0162. The maximum Gasteiger partial charge on any atom is 0.251 e. The van der Waals surface area contributed by atoms with Crippen LogP contribution in [0.4, 0.5) is 5.69 Å². The van der Waals surface area contributed by atoms with Crippen molar-refractivity contribution < 1.29 is 14.3 Å². The van der Waals surface area contributed by atoms with E-state index in [-0.39, 0.29) is 12.0 Å². The number of ether oxygens (including phenoxy) is 2. The molecule has 1 unspecified atom stereocenters. The van der Waals surface area contributed by atoms with Crippen LogP contribution in [0.25, 0.3) is 16.9 Å². The molecular weight excluding hydrogens is 442 g/mol. The summed E-state index contributed by atoms with van der Waals surface area (Å²) < 4.78 is 12.9. The molecule has 1 atom stereocenters. The van der Waals surface area contributed by atoms with Crippen molar-refractivity contribution in [1.29, 1.82) is 0 Å². The number of anilines is 1. The average Bonchev–Trinajstić information content (AvgIpc) is 3.52. The van der Waals surface area contributed by atoms with Crippen LogP contribution >= 0.6 is 11.6 Å². The van der Waals surface area contributed by atoms with E-state index in [1.807, 2.05) is 25.1 Å². The summed E-state index contributed by atoms with van der Waals surface area (Å²) in [7, 11) is 0. The summed E-state index contributed by atoms with van der Waals surface area (Å²) in [5.41, 5.74) is 4.90. The van der Waals surface area contributed by atoms with Gasteiger partial charge in [-0.15, -0.1) is 0 Å². The number of imidazole rings is 1. The van der Waals surface area contributed by atoms with Crippen LogP contribution in [0.15, 0.2) is 30.5 Å². The van der Waals surface area contributed by atoms with Crippen molar-refractivity contribution in [2.75, 3.05) is 31.7 Å². The summed E-state index contributed by atoms with van der Waals surface area (Å²) in [6.45, 7) is 4.72. The van der Waals surface area contributed by atoms with Crippen molar-refractivity contribution in [2.24, 2.45) is 0 Å². The van der Waals surface area contributed by atoms with E-state index in [1.165, 1.54) is 0 Å². The number of fused-ring (bicyclic) bond motifs is 1. The van der Waals surface area contributed by atoms with E-state index in [9.17, 15) is 4.79 Å². The number of nitrogens with one attached hydrogen (secondary N) is 2. The van der Waals surface area contributed by atoms with Gasteiger partial charge in [-0.3, -0.25) is 4.79 Å². The van der Waals surface area contributed by atoms with E-state index in [2.05, 4.69) is 20.7 Å². The molecule has 2 fully saturated rings. The van der Waals surface area contributed by atoms with Gasteiger partial charge in [-0.2, -0.15) is 5.10 Å². The molecule has 0 spiro atoms. The van der Waals surface area contributed by atoms with Crippen LogP contribution in [0.1, 0.15) is 41.6 Å². The lowest BCUT2D eigenvalue weighted by Crippen LogP contribution is -2.28. The summed E-state index contributed by atoms with van der Waals surface area (Å²) in [4.78, 5) is 17.1. The van der Waals surface area contributed by atoms with Gasteiger partial charge in [0.05, 0.1) is 43.5 Å². The van der Waals surface area contributed by atoms with Gasteiger partial charge in [0.2, 0.25) is 0 Å². The fourth-order valence-electron chi connectivity index (χ4n) is 4.09. The molecule has 1 aliphatic heterocycles. The van der Waals surface area contributed by atoms with Crippen molar-refractivity contribution in [2.45, 2.75) is 44.8 Å². The van der Waals surface area contributed by atoms with E-state index in [1.54, 1.807) is 16.8 Å². The minimum atomic E-state index is -0.0162. The summed E-state index contributed by atoms with van der Waals surface area (Å²) in [6, 6.07) is 7.91.